The van der Waals surface area contributed by atoms with Crippen molar-refractivity contribution >= 4 is 0 Å². The summed E-state index contributed by atoms with van der Waals surface area (Å²) in [5.41, 5.74) is 0. The first-order valence-corrected chi connectivity index (χ1v) is 7.99. The van der Waals surface area contributed by atoms with Crippen molar-refractivity contribution in [2.45, 2.75) is 12.2 Å². The predicted octanol–water partition coefficient (Wildman–Crippen LogP) is 0.849. The van der Waals surface area contributed by atoms with Gasteiger partial charge < -0.3 is 33.5 Å². The van der Waals surface area contributed by atoms with E-state index >= 15 is 0 Å². The lowest BCUT2D eigenvalue weighted by molar-refractivity contribution is -0.0697. The fourth-order valence-electron chi connectivity index (χ4n) is 2.16. The molecule has 0 saturated carbocycles. The molecule has 0 bridgehead atoms. The molecule has 1 heterocycles. The van der Waals surface area contributed by atoms with Crippen molar-refractivity contribution in [2.75, 3.05) is 66.1 Å². The molecule has 7 heteroatoms. The van der Waals surface area contributed by atoms with Crippen molar-refractivity contribution in [3.8, 4) is 0 Å². The molecule has 2 aliphatic rings. The molecule has 0 aromatic carbocycles. The van der Waals surface area contributed by atoms with Gasteiger partial charge in [-0.15, -0.1) is 0 Å². The molecule has 1 fully saturated rings. The summed E-state index contributed by atoms with van der Waals surface area (Å²) >= 11 is 0. The van der Waals surface area contributed by atoms with E-state index in [0.29, 0.717) is 66.1 Å². The fourth-order valence-corrected chi connectivity index (χ4v) is 2.16. The van der Waals surface area contributed by atoms with E-state index in [4.69, 9.17) is 28.4 Å². The zero-order chi connectivity index (χ0) is 16.2. The van der Waals surface area contributed by atoms with Crippen LogP contribution in [0.25, 0.3) is 0 Å². The first kappa shape index (κ1) is 18.4. The van der Waals surface area contributed by atoms with E-state index in [0.717, 1.165) is 0 Å². The van der Waals surface area contributed by atoms with Gasteiger partial charge in [0.2, 0.25) is 0 Å². The second-order valence-electron chi connectivity index (χ2n) is 5.07. The van der Waals surface area contributed by atoms with Crippen molar-refractivity contribution in [1.82, 2.24) is 0 Å². The van der Waals surface area contributed by atoms with Crippen LogP contribution in [0.5, 0.6) is 0 Å². The number of hydrogen-bond acceptors (Lipinski definition) is 7. The highest BCUT2D eigenvalue weighted by Crippen LogP contribution is 2.16. The summed E-state index contributed by atoms with van der Waals surface area (Å²) in [6.45, 7) is 5.00. The van der Waals surface area contributed by atoms with Crippen LogP contribution in [-0.2, 0) is 28.4 Å². The molecule has 1 aliphatic heterocycles. The smallest absolute Gasteiger partial charge is 0.114 e. The van der Waals surface area contributed by atoms with E-state index in [1.54, 1.807) is 18.2 Å². The summed E-state index contributed by atoms with van der Waals surface area (Å²) in [7, 11) is 0. The number of rotatable bonds is 0. The van der Waals surface area contributed by atoms with E-state index in [1.165, 1.54) is 0 Å². The largest absolute Gasteiger partial charge is 0.508 e. The minimum atomic E-state index is -0.331. The maximum absolute atomic E-state index is 9.60. The first-order valence-electron chi connectivity index (χ1n) is 7.99. The zero-order valence-electron chi connectivity index (χ0n) is 13.4. The van der Waals surface area contributed by atoms with E-state index in [9.17, 15) is 5.11 Å². The second kappa shape index (κ2) is 11.6. The Balaban J connectivity index is 1.76. The van der Waals surface area contributed by atoms with Gasteiger partial charge >= 0.3 is 0 Å². The molecule has 0 aromatic heterocycles. The summed E-state index contributed by atoms with van der Waals surface area (Å²) in [6, 6.07) is 0. The van der Waals surface area contributed by atoms with Crippen LogP contribution in [0.4, 0.5) is 0 Å². The molecule has 2 unspecified atom stereocenters. The molecule has 7 nitrogen and oxygen atoms in total. The highest BCUT2D eigenvalue weighted by molar-refractivity contribution is 5.22. The van der Waals surface area contributed by atoms with Crippen LogP contribution >= 0.6 is 0 Å². The van der Waals surface area contributed by atoms with Crippen LogP contribution in [0, 0.1) is 0 Å². The predicted molar refractivity (Wildman–Crippen MR) is 82.6 cm³/mol. The van der Waals surface area contributed by atoms with Crippen LogP contribution in [0.15, 0.2) is 24.0 Å². The van der Waals surface area contributed by atoms with Crippen molar-refractivity contribution in [1.29, 1.82) is 0 Å². The topological polar surface area (TPSA) is 75.6 Å². The number of aliphatic hydroxyl groups is 1. The van der Waals surface area contributed by atoms with Crippen molar-refractivity contribution in [3.63, 3.8) is 0 Å². The van der Waals surface area contributed by atoms with Crippen molar-refractivity contribution in [2.24, 2.45) is 0 Å². The summed E-state index contributed by atoms with van der Waals surface area (Å²) in [5, 5.41) is 9.60. The molecule has 0 aromatic rings. The number of ether oxygens (including phenoxy) is 6. The van der Waals surface area contributed by atoms with Gasteiger partial charge in [-0.05, 0) is 18.2 Å². The SMILES string of the molecule is OC1=CC2OCCOCCOCCOCCOCCOC2C=C1. The lowest BCUT2D eigenvalue weighted by Crippen LogP contribution is -2.33. The highest BCUT2D eigenvalue weighted by atomic mass is 16.6. The Hall–Kier alpha value is -0.960. The molecular weight excluding hydrogens is 304 g/mol. The summed E-state index contributed by atoms with van der Waals surface area (Å²) in [5.74, 6) is 0.180. The van der Waals surface area contributed by atoms with E-state index < -0.39 is 0 Å². The molecule has 2 atom stereocenters. The quantitative estimate of drug-likeness (QED) is 0.705. The van der Waals surface area contributed by atoms with Gasteiger partial charge in [0.05, 0.1) is 66.1 Å². The Labute approximate surface area is 136 Å². The molecule has 23 heavy (non-hydrogen) atoms. The lowest BCUT2D eigenvalue weighted by Gasteiger charge is -2.25. The fraction of sp³-hybridized carbons (Fsp3) is 0.750. The Bertz CT molecular complexity index is 369. The second-order valence-corrected chi connectivity index (χ2v) is 5.07. The number of hydrogen-bond donors (Lipinski definition) is 1. The molecular formula is C16H26O7. The summed E-state index contributed by atoms with van der Waals surface area (Å²) in [4.78, 5) is 0. The summed E-state index contributed by atoms with van der Waals surface area (Å²) in [6.07, 6.45) is 4.46. The molecule has 0 radical (unpaired) electrons. The minimum absolute atomic E-state index is 0.180. The van der Waals surface area contributed by atoms with Crippen LogP contribution in [-0.4, -0.2) is 83.4 Å². The third-order valence-corrected chi connectivity index (χ3v) is 3.31. The minimum Gasteiger partial charge on any atom is -0.508 e. The van der Waals surface area contributed by atoms with Crippen LogP contribution in [0.3, 0.4) is 0 Å². The molecule has 1 saturated heterocycles. The monoisotopic (exact) mass is 330 g/mol. The molecule has 0 spiro atoms. The lowest BCUT2D eigenvalue weighted by atomic mass is 10.1. The molecule has 1 aliphatic carbocycles. The van der Waals surface area contributed by atoms with Gasteiger partial charge in [0.25, 0.3) is 0 Å². The average molecular weight is 330 g/mol. The Kier molecular flexibility index (Phi) is 9.24. The van der Waals surface area contributed by atoms with E-state index in [2.05, 4.69) is 0 Å². The normalized spacial score (nSPS) is 29.8. The van der Waals surface area contributed by atoms with Crippen molar-refractivity contribution in [3.05, 3.63) is 24.0 Å². The van der Waals surface area contributed by atoms with Gasteiger partial charge in [-0.25, -0.2) is 0 Å². The van der Waals surface area contributed by atoms with E-state index in [1.807, 2.05) is 0 Å². The van der Waals surface area contributed by atoms with Crippen LogP contribution < -0.4 is 0 Å². The average Bonchev–Trinajstić information content (AvgIpc) is 2.55. The highest BCUT2D eigenvalue weighted by Gasteiger charge is 2.22. The standard InChI is InChI=1S/C16H26O7/c17-14-1-2-15-16(13-14)23-12-10-21-8-6-19-4-3-18-5-7-20-9-11-22-15/h1-2,13,15-17H,3-12H2. The number of aliphatic hydroxyl groups excluding tert-OH is 1. The third kappa shape index (κ3) is 7.92. The van der Waals surface area contributed by atoms with Crippen LogP contribution in [0.2, 0.25) is 0 Å². The van der Waals surface area contributed by atoms with Gasteiger partial charge in [-0.2, -0.15) is 0 Å². The van der Waals surface area contributed by atoms with Gasteiger partial charge in [0.15, 0.2) is 0 Å². The van der Waals surface area contributed by atoms with Gasteiger partial charge in [-0.1, -0.05) is 0 Å². The van der Waals surface area contributed by atoms with Gasteiger partial charge in [0, 0.05) is 0 Å². The maximum atomic E-state index is 9.60. The zero-order valence-corrected chi connectivity index (χ0v) is 13.4. The Morgan fingerprint density at radius 3 is 1.61 bits per heavy atom. The van der Waals surface area contributed by atoms with E-state index in [-0.39, 0.29) is 18.0 Å². The molecule has 0 amide bonds. The first-order chi connectivity index (χ1) is 11.4. The number of allylic oxidation sites excluding steroid dienone is 1. The third-order valence-electron chi connectivity index (χ3n) is 3.31. The van der Waals surface area contributed by atoms with Gasteiger partial charge in [-0.3, -0.25) is 0 Å². The van der Waals surface area contributed by atoms with Crippen LogP contribution in [0.1, 0.15) is 0 Å². The number of fused-ring (bicyclic) bond motifs is 1. The Morgan fingerprint density at radius 1 is 0.652 bits per heavy atom. The summed E-state index contributed by atoms with van der Waals surface area (Å²) < 4.78 is 33.1. The molecule has 132 valence electrons. The van der Waals surface area contributed by atoms with Gasteiger partial charge in [0.1, 0.15) is 18.0 Å². The Morgan fingerprint density at radius 2 is 1.09 bits per heavy atom. The maximum Gasteiger partial charge on any atom is 0.114 e. The molecule has 2 rings (SSSR count). The van der Waals surface area contributed by atoms with Crippen molar-refractivity contribution < 1.29 is 33.5 Å². The molecule has 1 N–H and O–H groups in total.